The van der Waals surface area contributed by atoms with E-state index in [2.05, 4.69) is 143 Å². The fourth-order valence-electron chi connectivity index (χ4n) is 7.93. The van der Waals surface area contributed by atoms with Crippen LogP contribution < -0.4 is 5.46 Å². The normalized spacial score (nSPS) is 18.3. The maximum atomic E-state index is 6.49. The van der Waals surface area contributed by atoms with Gasteiger partial charge in [0.15, 0.2) is 0 Å². The lowest BCUT2D eigenvalue weighted by Gasteiger charge is -2.32. The smallest absolute Gasteiger partial charge is 0.399 e. The molecule has 0 amide bonds. The van der Waals surface area contributed by atoms with Gasteiger partial charge in [-0.15, -0.1) is 0 Å². The lowest BCUT2D eigenvalue weighted by atomic mass is 9.75. The molecule has 2 aliphatic heterocycles. The quantitative estimate of drug-likeness (QED) is 0.197. The maximum Gasteiger partial charge on any atom is 0.494 e. The number of para-hydroxylation sites is 2. The van der Waals surface area contributed by atoms with Gasteiger partial charge in [-0.2, -0.15) is 0 Å². The molecule has 0 atom stereocenters. The lowest BCUT2D eigenvalue weighted by molar-refractivity contribution is 0.00578. The Hall–Kier alpha value is -4.12. The molecule has 1 saturated heterocycles. The van der Waals surface area contributed by atoms with E-state index in [4.69, 9.17) is 9.31 Å². The van der Waals surface area contributed by atoms with Crippen molar-refractivity contribution in [3.8, 4) is 39.1 Å². The Balaban J connectivity index is 1.40. The first-order chi connectivity index (χ1) is 20.6. The van der Waals surface area contributed by atoms with Gasteiger partial charge in [0, 0.05) is 27.3 Å². The molecule has 210 valence electrons. The third kappa shape index (κ3) is 3.13. The molecule has 1 aliphatic carbocycles. The first-order valence-corrected chi connectivity index (χ1v) is 15.4. The fraction of sp³-hybridized carbons (Fsp3) is 0.231. The second kappa shape index (κ2) is 8.08. The maximum absolute atomic E-state index is 6.49. The van der Waals surface area contributed by atoms with E-state index in [0.29, 0.717) is 0 Å². The van der Waals surface area contributed by atoms with Crippen LogP contribution in [-0.2, 0) is 14.7 Å². The molecule has 3 heterocycles. The van der Waals surface area contributed by atoms with Gasteiger partial charge in [-0.3, -0.25) is 0 Å². The molecule has 43 heavy (non-hydrogen) atoms. The van der Waals surface area contributed by atoms with Crippen LogP contribution in [0.4, 0.5) is 0 Å². The first-order valence-electron chi connectivity index (χ1n) is 15.4. The number of fused-ring (bicyclic) bond motifs is 6. The highest BCUT2D eigenvalue weighted by atomic mass is 16.7. The van der Waals surface area contributed by atoms with Gasteiger partial charge in [-0.05, 0) is 84.7 Å². The van der Waals surface area contributed by atoms with Crippen LogP contribution >= 0.6 is 0 Å². The van der Waals surface area contributed by atoms with Gasteiger partial charge < -0.3 is 13.9 Å². The molecular formula is C39H34BNO2. The Morgan fingerprint density at radius 2 is 1.30 bits per heavy atom. The van der Waals surface area contributed by atoms with Gasteiger partial charge in [0.25, 0.3) is 0 Å². The minimum absolute atomic E-state index is 0.182. The van der Waals surface area contributed by atoms with Crippen LogP contribution in [0.2, 0.25) is 0 Å². The predicted octanol–water partition coefficient (Wildman–Crippen LogP) is 9.04. The Morgan fingerprint density at radius 1 is 0.605 bits per heavy atom. The molecule has 1 fully saturated rings. The van der Waals surface area contributed by atoms with Crippen LogP contribution in [0.15, 0.2) is 97.1 Å². The summed E-state index contributed by atoms with van der Waals surface area (Å²) in [5.41, 5.74) is 14.5. The summed E-state index contributed by atoms with van der Waals surface area (Å²) in [6, 6.07) is 36.0. The number of aromatic nitrogens is 1. The number of benzene rings is 5. The summed E-state index contributed by atoms with van der Waals surface area (Å²) in [5, 5.41) is 2.57. The van der Waals surface area contributed by atoms with Crippen molar-refractivity contribution in [2.75, 3.05) is 0 Å². The highest BCUT2D eigenvalue weighted by molar-refractivity contribution is 6.62. The van der Waals surface area contributed by atoms with Crippen LogP contribution in [0, 0.1) is 0 Å². The van der Waals surface area contributed by atoms with Crippen LogP contribution in [-0.4, -0.2) is 22.9 Å². The Bertz CT molecular complexity index is 2170. The monoisotopic (exact) mass is 559 g/mol. The summed E-state index contributed by atoms with van der Waals surface area (Å²) in [7, 11) is -0.406. The van der Waals surface area contributed by atoms with Crippen LogP contribution in [0.5, 0.6) is 0 Å². The predicted molar refractivity (Wildman–Crippen MR) is 178 cm³/mol. The highest BCUT2D eigenvalue weighted by Gasteiger charge is 2.52. The summed E-state index contributed by atoms with van der Waals surface area (Å²) in [6.45, 7) is 13.3. The van der Waals surface area contributed by atoms with Gasteiger partial charge in [0.1, 0.15) is 0 Å². The van der Waals surface area contributed by atoms with Crippen LogP contribution in [0.25, 0.3) is 60.9 Å². The van der Waals surface area contributed by atoms with E-state index in [9.17, 15) is 0 Å². The molecule has 3 aliphatic rings. The second-order valence-corrected chi connectivity index (χ2v) is 14.0. The zero-order valence-corrected chi connectivity index (χ0v) is 25.6. The molecule has 6 aromatic rings. The summed E-state index contributed by atoms with van der Waals surface area (Å²) >= 11 is 0. The van der Waals surface area contributed by atoms with Crippen molar-refractivity contribution in [3.63, 3.8) is 0 Å². The zero-order chi connectivity index (χ0) is 29.5. The van der Waals surface area contributed by atoms with Crippen molar-refractivity contribution in [3.05, 3.63) is 108 Å². The van der Waals surface area contributed by atoms with Gasteiger partial charge >= 0.3 is 7.12 Å². The van der Waals surface area contributed by atoms with Crippen molar-refractivity contribution >= 4 is 34.4 Å². The number of hydrogen-bond acceptors (Lipinski definition) is 2. The minimum atomic E-state index is -0.406. The topological polar surface area (TPSA) is 23.4 Å². The van der Waals surface area contributed by atoms with Gasteiger partial charge in [0.2, 0.25) is 0 Å². The summed E-state index contributed by atoms with van der Waals surface area (Å²) in [6.07, 6.45) is 0. The van der Waals surface area contributed by atoms with Crippen molar-refractivity contribution < 1.29 is 9.31 Å². The molecule has 0 bridgehead atoms. The van der Waals surface area contributed by atoms with E-state index in [1.165, 1.54) is 72.0 Å². The molecule has 1 aromatic heterocycles. The molecule has 0 unspecified atom stereocenters. The SMILES string of the molecule is CC1(C)c2cccc3c2-c2c1c(-c1cccc(B4OC(C)(C)C(C)(C)O4)c1)cc1c4ccccc4n(c21)-c1ccccc1-3. The van der Waals surface area contributed by atoms with Crippen LogP contribution in [0.3, 0.4) is 0 Å². The average molecular weight is 560 g/mol. The fourth-order valence-corrected chi connectivity index (χ4v) is 7.93. The summed E-state index contributed by atoms with van der Waals surface area (Å²) in [4.78, 5) is 0. The molecular weight excluding hydrogens is 525 g/mol. The molecule has 3 nitrogen and oxygen atoms in total. The van der Waals surface area contributed by atoms with Crippen molar-refractivity contribution in [1.82, 2.24) is 4.57 Å². The minimum Gasteiger partial charge on any atom is -0.399 e. The molecule has 0 N–H and O–H groups in total. The zero-order valence-electron chi connectivity index (χ0n) is 25.6. The second-order valence-electron chi connectivity index (χ2n) is 14.0. The van der Waals surface area contributed by atoms with E-state index in [1.54, 1.807) is 0 Å². The van der Waals surface area contributed by atoms with E-state index >= 15 is 0 Å². The third-order valence-electron chi connectivity index (χ3n) is 10.7. The van der Waals surface area contributed by atoms with E-state index in [-0.39, 0.29) is 16.6 Å². The summed E-state index contributed by atoms with van der Waals surface area (Å²) < 4.78 is 15.5. The molecule has 0 radical (unpaired) electrons. The lowest BCUT2D eigenvalue weighted by Crippen LogP contribution is -2.41. The van der Waals surface area contributed by atoms with Crippen molar-refractivity contribution in [2.45, 2.75) is 58.2 Å². The standard InChI is InChI=1S/C39H34BNO2/c1-37(2)30-18-12-17-27-25-15-7-9-19-31(25)41-32-20-10-8-16-26(32)29-22-28(35(37)34(33(27)30)36(29)41)23-13-11-14-24(21-23)40-42-38(3,4)39(5,6)43-40/h7-22H,1-6H3. The molecule has 0 saturated carbocycles. The Labute approximate surface area is 253 Å². The first kappa shape index (κ1) is 25.4. The van der Waals surface area contributed by atoms with Gasteiger partial charge in [-0.1, -0.05) is 92.7 Å². The van der Waals surface area contributed by atoms with Gasteiger partial charge in [-0.25, -0.2) is 0 Å². The highest BCUT2D eigenvalue weighted by Crippen LogP contribution is 2.60. The molecule has 9 rings (SSSR count). The molecule has 4 heteroatoms. The Morgan fingerprint density at radius 3 is 2.12 bits per heavy atom. The van der Waals surface area contributed by atoms with Gasteiger partial charge in [0.05, 0.1) is 27.9 Å². The van der Waals surface area contributed by atoms with E-state index in [0.717, 1.165) is 5.46 Å². The molecule has 0 spiro atoms. The van der Waals surface area contributed by atoms with Crippen LogP contribution in [0.1, 0.15) is 52.7 Å². The van der Waals surface area contributed by atoms with E-state index in [1.807, 2.05) is 0 Å². The largest absolute Gasteiger partial charge is 0.494 e. The average Bonchev–Trinajstić information content (AvgIpc) is 3.50. The third-order valence-corrected chi connectivity index (χ3v) is 10.7. The number of hydrogen-bond donors (Lipinski definition) is 0. The number of rotatable bonds is 2. The van der Waals surface area contributed by atoms with Crippen molar-refractivity contribution in [1.29, 1.82) is 0 Å². The molecule has 5 aromatic carbocycles. The Kier molecular flexibility index (Phi) is 4.77. The van der Waals surface area contributed by atoms with E-state index < -0.39 is 7.12 Å². The number of nitrogens with zero attached hydrogens (tertiary/aromatic N) is 1. The van der Waals surface area contributed by atoms with Crippen molar-refractivity contribution in [2.24, 2.45) is 0 Å². The summed E-state index contributed by atoms with van der Waals surface area (Å²) in [5.74, 6) is 0.